The highest BCUT2D eigenvalue weighted by molar-refractivity contribution is 6.38. The fraction of sp³-hybridized carbons (Fsp3) is 0.429. The average molecular weight is 779 g/mol. The number of Topliss-reactive ketones (excluding diaryl/α,β-unsaturated/α-hetero) is 1. The number of nitrogens with zero attached hydrogens (tertiary/aromatic N) is 4. The predicted molar refractivity (Wildman–Crippen MR) is 211 cm³/mol. The fourth-order valence-corrected chi connectivity index (χ4v) is 8.00. The standard InChI is InChI=1S/C42H50N8O7/c1-25(51)45-31-17-13-27(14-18-31)19-33(37(52)38(43)53)46-40(55)35-22-32(50-36(23-44-48-50)42(2,3)57)24-49(35)41(56)34(20-26-9-5-4-6-10-26)47-39(54)30-16-15-28-11-7-8-12-29(28)21-30/h7-8,11-18,21,23,26,32-35,57H,4-6,9-10,19-20,22,24H2,1-3H3,(H2,43,53)(H,45,51)(H,46,55)(H,47,54)/t32-,33?,34?,35-/m0/s1. The molecule has 2 aliphatic rings. The van der Waals surface area contributed by atoms with Crippen molar-refractivity contribution in [2.75, 3.05) is 11.9 Å². The molecule has 300 valence electrons. The number of primary amides is 1. The number of rotatable bonds is 14. The summed E-state index contributed by atoms with van der Waals surface area (Å²) in [6.45, 7) is 4.51. The number of nitrogens with one attached hydrogen (secondary N) is 3. The smallest absolute Gasteiger partial charge is 0.287 e. The number of ketones is 1. The lowest BCUT2D eigenvalue weighted by Gasteiger charge is -2.32. The Hall–Kier alpha value is -5.96. The summed E-state index contributed by atoms with van der Waals surface area (Å²) in [6.07, 6.45) is 6.64. The van der Waals surface area contributed by atoms with Crippen molar-refractivity contribution in [3.63, 3.8) is 0 Å². The van der Waals surface area contributed by atoms with Crippen molar-refractivity contribution in [1.82, 2.24) is 30.5 Å². The third-order valence-corrected chi connectivity index (χ3v) is 10.9. The summed E-state index contributed by atoms with van der Waals surface area (Å²) in [5.41, 5.74) is 5.93. The number of anilines is 1. The number of nitrogens with two attached hydrogens (primary N) is 1. The molecule has 15 nitrogen and oxygen atoms in total. The molecule has 1 aliphatic carbocycles. The maximum Gasteiger partial charge on any atom is 0.287 e. The maximum absolute atomic E-state index is 14.9. The van der Waals surface area contributed by atoms with Gasteiger partial charge in [-0.3, -0.25) is 28.8 Å². The molecule has 1 saturated carbocycles. The molecule has 0 spiro atoms. The van der Waals surface area contributed by atoms with Crippen LogP contribution in [-0.4, -0.2) is 85.0 Å². The van der Waals surface area contributed by atoms with Gasteiger partial charge < -0.3 is 31.7 Å². The third kappa shape index (κ3) is 9.89. The minimum atomic E-state index is -1.37. The van der Waals surface area contributed by atoms with E-state index < -0.39 is 59.2 Å². The van der Waals surface area contributed by atoms with Gasteiger partial charge in [0.1, 0.15) is 23.7 Å². The van der Waals surface area contributed by atoms with E-state index in [1.807, 2.05) is 30.3 Å². The average Bonchev–Trinajstić information content (AvgIpc) is 3.86. The minimum absolute atomic E-state index is 0.0184. The van der Waals surface area contributed by atoms with E-state index in [0.29, 0.717) is 28.9 Å². The number of carbonyl (C=O) groups excluding carboxylic acids is 6. The predicted octanol–water partition coefficient (Wildman–Crippen LogP) is 3.31. The van der Waals surface area contributed by atoms with Crippen LogP contribution in [0, 0.1) is 5.92 Å². The van der Waals surface area contributed by atoms with Gasteiger partial charge in [-0.2, -0.15) is 0 Å². The number of likely N-dealkylation sites (tertiary alicyclic amines) is 1. The van der Waals surface area contributed by atoms with E-state index in [0.717, 1.165) is 42.9 Å². The summed E-state index contributed by atoms with van der Waals surface area (Å²) in [4.78, 5) is 81.5. The van der Waals surface area contributed by atoms with Gasteiger partial charge in [0.15, 0.2) is 0 Å². The van der Waals surface area contributed by atoms with Gasteiger partial charge >= 0.3 is 0 Å². The van der Waals surface area contributed by atoms with Crippen molar-refractivity contribution in [1.29, 1.82) is 0 Å². The number of amides is 5. The molecule has 4 aromatic rings. The van der Waals surface area contributed by atoms with Gasteiger partial charge in [-0.15, -0.1) is 5.10 Å². The fourth-order valence-electron chi connectivity index (χ4n) is 8.00. The SMILES string of the molecule is CC(=O)Nc1ccc(CC(NC(=O)[C@@H]2C[C@H](n3nncc3C(C)(C)O)CN2C(=O)C(CC2CCCCC2)NC(=O)c2ccc3ccccc3c2)C(=O)C(N)=O)cc1. The number of aliphatic hydroxyl groups is 1. The molecule has 2 heterocycles. The second kappa shape index (κ2) is 17.5. The molecule has 2 fully saturated rings. The first kappa shape index (κ1) is 40.7. The number of benzene rings is 3. The Kier molecular flexibility index (Phi) is 12.5. The molecule has 6 N–H and O–H groups in total. The highest BCUT2D eigenvalue weighted by atomic mass is 16.3. The summed E-state index contributed by atoms with van der Waals surface area (Å²) in [5.74, 6) is -3.98. The lowest BCUT2D eigenvalue weighted by molar-refractivity contribution is -0.142. The maximum atomic E-state index is 14.9. The summed E-state index contributed by atoms with van der Waals surface area (Å²) < 4.78 is 1.50. The zero-order valence-corrected chi connectivity index (χ0v) is 32.4. The van der Waals surface area contributed by atoms with Gasteiger partial charge in [-0.05, 0) is 66.8 Å². The minimum Gasteiger partial charge on any atom is -0.384 e. The van der Waals surface area contributed by atoms with Crippen LogP contribution in [-0.2, 0) is 36.0 Å². The zero-order chi connectivity index (χ0) is 40.9. The summed E-state index contributed by atoms with van der Waals surface area (Å²) >= 11 is 0. The first-order valence-corrected chi connectivity index (χ1v) is 19.4. The van der Waals surface area contributed by atoms with Crippen LogP contribution in [0.4, 0.5) is 5.69 Å². The lowest BCUT2D eigenvalue weighted by atomic mass is 9.84. The van der Waals surface area contributed by atoms with Crippen LogP contribution in [0.1, 0.15) is 93.4 Å². The molecule has 1 saturated heterocycles. The molecule has 3 aromatic carbocycles. The molecule has 0 radical (unpaired) electrons. The van der Waals surface area contributed by atoms with Crippen molar-refractivity contribution in [2.24, 2.45) is 11.7 Å². The first-order valence-electron chi connectivity index (χ1n) is 19.4. The topological polar surface area (TPSA) is 219 Å². The van der Waals surface area contributed by atoms with Crippen molar-refractivity contribution in [3.8, 4) is 0 Å². The molecule has 0 bridgehead atoms. The Bertz CT molecular complexity index is 2140. The number of aromatic nitrogens is 3. The van der Waals surface area contributed by atoms with Crippen LogP contribution < -0.4 is 21.7 Å². The van der Waals surface area contributed by atoms with E-state index in [1.54, 1.807) is 50.2 Å². The van der Waals surface area contributed by atoms with Crippen LogP contribution in [0.3, 0.4) is 0 Å². The summed E-state index contributed by atoms with van der Waals surface area (Å²) in [7, 11) is 0. The van der Waals surface area contributed by atoms with Gasteiger partial charge in [0, 0.05) is 37.6 Å². The third-order valence-electron chi connectivity index (χ3n) is 10.9. The van der Waals surface area contributed by atoms with Crippen molar-refractivity contribution >= 4 is 51.8 Å². The van der Waals surface area contributed by atoms with E-state index in [2.05, 4.69) is 26.3 Å². The van der Waals surface area contributed by atoms with Crippen LogP contribution >= 0.6 is 0 Å². The van der Waals surface area contributed by atoms with Crippen molar-refractivity contribution in [3.05, 3.63) is 89.7 Å². The molecule has 4 atom stereocenters. The molecule has 1 aromatic heterocycles. The van der Waals surface area contributed by atoms with E-state index in [9.17, 15) is 33.9 Å². The van der Waals surface area contributed by atoms with Gasteiger partial charge in [0.05, 0.1) is 17.9 Å². The highest BCUT2D eigenvalue weighted by Gasteiger charge is 2.45. The van der Waals surface area contributed by atoms with Crippen molar-refractivity contribution in [2.45, 2.75) is 102 Å². The van der Waals surface area contributed by atoms with Crippen molar-refractivity contribution < 1.29 is 33.9 Å². The number of hydrogen-bond donors (Lipinski definition) is 5. The second-order valence-electron chi connectivity index (χ2n) is 15.7. The Morgan fingerprint density at radius 1 is 0.912 bits per heavy atom. The molecule has 15 heteroatoms. The van der Waals surface area contributed by atoms with Gasteiger partial charge in [0.2, 0.25) is 23.5 Å². The van der Waals surface area contributed by atoms with Crippen LogP contribution in [0.5, 0.6) is 0 Å². The first-order chi connectivity index (χ1) is 27.2. The number of carbonyl (C=O) groups is 6. The zero-order valence-electron chi connectivity index (χ0n) is 32.4. The summed E-state index contributed by atoms with van der Waals surface area (Å²) in [6, 6.07) is 15.4. The Morgan fingerprint density at radius 2 is 1.61 bits per heavy atom. The van der Waals surface area contributed by atoms with Crippen LogP contribution in [0.25, 0.3) is 10.8 Å². The van der Waals surface area contributed by atoms with E-state index >= 15 is 0 Å². The van der Waals surface area contributed by atoms with E-state index in [4.69, 9.17) is 5.73 Å². The molecular weight excluding hydrogens is 729 g/mol. The number of hydrogen-bond acceptors (Lipinski definition) is 9. The Morgan fingerprint density at radius 3 is 2.28 bits per heavy atom. The van der Waals surface area contributed by atoms with E-state index in [1.165, 1.54) is 22.7 Å². The molecule has 57 heavy (non-hydrogen) atoms. The molecular formula is C42H50N8O7. The monoisotopic (exact) mass is 778 g/mol. The largest absolute Gasteiger partial charge is 0.384 e. The molecule has 1 aliphatic heterocycles. The number of fused-ring (bicyclic) bond motifs is 1. The Balaban J connectivity index is 1.31. The van der Waals surface area contributed by atoms with Gasteiger partial charge in [-0.25, -0.2) is 4.68 Å². The van der Waals surface area contributed by atoms with E-state index in [-0.39, 0.29) is 31.2 Å². The van der Waals surface area contributed by atoms with Gasteiger partial charge in [-0.1, -0.05) is 79.8 Å². The lowest BCUT2D eigenvalue weighted by Crippen LogP contribution is -2.56. The van der Waals surface area contributed by atoms with Gasteiger partial charge in [0.25, 0.3) is 11.8 Å². The molecule has 5 amide bonds. The Labute approximate surface area is 330 Å². The normalized spacial score (nSPS) is 18.4. The van der Waals surface area contributed by atoms with Crippen LogP contribution in [0.2, 0.25) is 0 Å². The van der Waals surface area contributed by atoms with Crippen LogP contribution in [0.15, 0.2) is 72.9 Å². The second-order valence-corrected chi connectivity index (χ2v) is 15.7. The summed E-state index contributed by atoms with van der Waals surface area (Å²) in [5, 5.41) is 29.4. The quantitative estimate of drug-likeness (QED) is 0.119. The molecule has 6 rings (SSSR count). The highest BCUT2D eigenvalue weighted by Crippen LogP contribution is 2.34. The molecule has 2 unspecified atom stereocenters.